The quantitative estimate of drug-likeness (QED) is 0.859. The van der Waals surface area contributed by atoms with Crippen LogP contribution in [0.25, 0.3) is 0 Å². The highest BCUT2D eigenvalue weighted by Gasteiger charge is 2.35. The van der Waals surface area contributed by atoms with Gasteiger partial charge in [0.15, 0.2) is 0 Å². The van der Waals surface area contributed by atoms with E-state index in [0.717, 1.165) is 18.4 Å². The SMILES string of the molecule is O=C(NC(Cc1ccncc1)C1CC(O)C1)c1cnccn1. The molecule has 2 aromatic heterocycles. The normalized spacial score (nSPS) is 21.7. The zero-order chi connectivity index (χ0) is 15.4. The van der Waals surface area contributed by atoms with Crippen molar-refractivity contribution in [2.24, 2.45) is 5.92 Å². The number of aromatic nitrogens is 3. The first-order valence-electron chi connectivity index (χ1n) is 7.36. The lowest BCUT2D eigenvalue weighted by molar-refractivity contribution is 0.0238. The van der Waals surface area contributed by atoms with E-state index in [2.05, 4.69) is 20.3 Å². The summed E-state index contributed by atoms with van der Waals surface area (Å²) in [5.41, 5.74) is 1.42. The predicted molar refractivity (Wildman–Crippen MR) is 80.0 cm³/mol. The van der Waals surface area contributed by atoms with Crippen LogP contribution >= 0.6 is 0 Å². The number of rotatable bonds is 5. The molecule has 0 spiro atoms. The molecule has 1 fully saturated rings. The second-order valence-electron chi connectivity index (χ2n) is 5.62. The number of carbonyl (C=O) groups excluding carboxylic acids is 1. The third-order valence-corrected chi connectivity index (χ3v) is 4.04. The molecule has 0 saturated heterocycles. The zero-order valence-corrected chi connectivity index (χ0v) is 12.1. The first-order valence-corrected chi connectivity index (χ1v) is 7.36. The Morgan fingerprint density at radius 2 is 2.00 bits per heavy atom. The molecular formula is C16H18N4O2. The maximum absolute atomic E-state index is 12.3. The molecule has 1 aliphatic carbocycles. The van der Waals surface area contributed by atoms with Gasteiger partial charge in [-0.1, -0.05) is 0 Å². The average molecular weight is 298 g/mol. The van der Waals surface area contributed by atoms with Crippen LogP contribution in [0.3, 0.4) is 0 Å². The van der Waals surface area contributed by atoms with Crippen molar-refractivity contribution in [2.45, 2.75) is 31.4 Å². The molecule has 1 atom stereocenters. The Labute approximate surface area is 128 Å². The van der Waals surface area contributed by atoms with Gasteiger partial charge in [0.25, 0.3) is 5.91 Å². The first-order chi connectivity index (χ1) is 10.7. The Kier molecular flexibility index (Phi) is 4.39. The number of pyridine rings is 1. The molecule has 0 bridgehead atoms. The minimum absolute atomic E-state index is 0.0275. The Bertz CT molecular complexity index is 615. The third kappa shape index (κ3) is 3.46. The molecule has 1 unspecified atom stereocenters. The number of nitrogens with one attached hydrogen (secondary N) is 1. The number of aliphatic hydroxyl groups is 1. The van der Waals surface area contributed by atoms with Crippen LogP contribution in [-0.2, 0) is 6.42 Å². The molecule has 0 aliphatic heterocycles. The van der Waals surface area contributed by atoms with Crippen LogP contribution in [0, 0.1) is 5.92 Å². The average Bonchev–Trinajstić information content (AvgIpc) is 2.53. The Hall–Kier alpha value is -2.34. The molecule has 22 heavy (non-hydrogen) atoms. The van der Waals surface area contributed by atoms with Crippen molar-refractivity contribution in [3.8, 4) is 0 Å². The van der Waals surface area contributed by atoms with Crippen LogP contribution in [0.4, 0.5) is 0 Å². The van der Waals surface area contributed by atoms with Gasteiger partial charge in [0.05, 0.1) is 12.3 Å². The fourth-order valence-electron chi connectivity index (χ4n) is 2.73. The molecule has 2 aromatic rings. The van der Waals surface area contributed by atoms with Crippen molar-refractivity contribution in [1.29, 1.82) is 0 Å². The molecule has 3 rings (SSSR count). The van der Waals surface area contributed by atoms with Crippen LogP contribution in [0.15, 0.2) is 43.1 Å². The van der Waals surface area contributed by atoms with Crippen LogP contribution in [0.2, 0.25) is 0 Å². The second-order valence-corrected chi connectivity index (χ2v) is 5.62. The highest BCUT2D eigenvalue weighted by molar-refractivity contribution is 5.92. The molecular weight excluding hydrogens is 280 g/mol. The summed E-state index contributed by atoms with van der Waals surface area (Å²) in [5, 5.41) is 12.6. The van der Waals surface area contributed by atoms with E-state index in [-0.39, 0.29) is 24.0 Å². The lowest BCUT2D eigenvalue weighted by atomic mass is 9.75. The predicted octanol–water partition coefficient (Wildman–Crippen LogP) is 0.984. The van der Waals surface area contributed by atoms with Crippen molar-refractivity contribution in [3.63, 3.8) is 0 Å². The molecule has 2 N–H and O–H groups in total. The number of aliphatic hydroxyl groups excluding tert-OH is 1. The van der Waals surface area contributed by atoms with Crippen LogP contribution in [0.1, 0.15) is 28.9 Å². The third-order valence-electron chi connectivity index (χ3n) is 4.04. The van der Waals surface area contributed by atoms with Gasteiger partial charge in [-0.15, -0.1) is 0 Å². The van der Waals surface area contributed by atoms with Gasteiger partial charge in [-0.2, -0.15) is 0 Å². The fraction of sp³-hybridized carbons (Fsp3) is 0.375. The second kappa shape index (κ2) is 6.62. The molecule has 2 heterocycles. The monoisotopic (exact) mass is 298 g/mol. The van der Waals surface area contributed by atoms with E-state index >= 15 is 0 Å². The topological polar surface area (TPSA) is 88.0 Å². The van der Waals surface area contributed by atoms with Gasteiger partial charge < -0.3 is 10.4 Å². The van der Waals surface area contributed by atoms with Gasteiger partial charge >= 0.3 is 0 Å². The highest BCUT2D eigenvalue weighted by atomic mass is 16.3. The van der Waals surface area contributed by atoms with Crippen molar-refractivity contribution in [2.75, 3.05) is 0 Å². The summed E-state index contributed by atoms with van der Waals surface area (Å²) in [7, 11) is 0. The highest BCUT2D eigenvalue weighted by Crippen LogP contribution is 2.31. The standard InChI is InChI=1S/C16H18N4O2/c21-13-8-12(9-13)14(7-11-1-3-17-4-2-11)20-16(22)15-10-18-5-6-19-15/h1-6,10,12-14,21H,7-9H2,(H,20,22). The van der Waals surface area contributed by atoms with Gasteiger partial charge in [-0.25, -0.2) is 4.98 Å². The minimum Gasteiger partial charge on any atom is -0.393 e. The fourth-order valence-corrected chi connectivity index (χ4v) is 2.73. The number of amides is 1. The summed E-state index contributed by atoms with van der Waals surface area (Å²) in [6.07, 6.45) is 9.87. The lowest BCUT2D eigenvalue weighted by Gasteiger charge is -2.38. The van der Waals surface area contributed by atoms with Crippen LogP contribution in [-0.4, -0.2) is 38.1 Å². The van der Waals surface area contributed by atoms with Gasteiger partial charge in [-0.3, -0.25) is 14.8 Å². The van der Waals surface area contributed by atoms with Crippen molar-refractivity contribution in [3.05, 3.63) is 54.4 Å². The Morgan fingerprint density at radius 3 is 2.64 bits per heavy atom. The molecule has 6 nitrogen and oxygen atoms in total. The molecule has 1 amide bonds. The smallest absolute Gasteiger partial charge is 0.271 e. The number of nitrogens with zero attached hydrogens (tertiary/aromatic N) is 3. The van der Waals surface area contributed by atoms with Crippen LogP contribution in [0.5, 0.6) is 0 Å². The van der Waals surface area contributed by atoms with E-state index in [1.54, 1.807) is 12.4 Å². The molecule has 1 aliphatic rings. The Morgan fingerprint density at radius 1 is 1.23 bits per heavy atom. The van der Waals surface area contributed by atoms with E-state index in [1.807, 2.05) is 12.1 Å². The van der Waals surface area contributed by atoms with Crippen molar-refractivity contribution >= 4 is 5.91 Å². The zero-order valence-electron chi connectivity index (χ0n) is 12.1. The van der Waals surface area contributed by atoms with Crippen molar-refractivity contribution < 1.29 is 9.90 Å². The van der Waals surface area contributed by atoms with E-state index in [9.17, 15) is 9.90 Å². The number of hydrogen-bond donors (Lipinski definition) is 2. The van der Waals surface area contributed by atoms with Gasteiger partial charge in [0, 0.05) is 30.8 Å². The first kappa shape index (κ1) is 14.6. The van der Waals surface area contributed by atoms with E-state index < -0.39 is 0 Å². The summed E-state index contributed by atoms with van der Waals surface area (Å²) in [6, 6.07) is 3.85. The van der Waals surface area contributed by atoms with Crippen LogP contribution < -0.4 is 5.32 Å². The Balaban J connectivity index is 1.70. The largest absolute Gasteiger partial charge is 0.393 e. The summed E-state index contributed by atoms with van der Waals surface area (Å²) < 4.78 is 0. The maximum atomic E-state index is 12.3. The lowest BCUT2D eigenvalue weighted by Crippen LogP contribution is -2.48. The van der Waals surface area contributed by atoms with Gasteiger partial charge in [0.1, 0.15) is 5.69 Å². The van der Waals surface area contributed by atoms with Gasteiger partial charge in [0.2, 0.25) is 0 Å². The molecule has 6 heteroatoms. The van der Waals surface area contributed by atoms with E-state index in [1.165, 1.54) is 18.6 Å². The summed E-state index contributed by atoms with van der Waals surface area (Å²) in [6.45, 7) is 0. The van der Waals surface area contributed by atoms with E-state index in [0.29, 0.717) is 12.1 Å². The van der Waals surface area contributed by atoms with Gasteiger partial charge in [-0.05, 0) is 42.9 Å². The van der Waals surface area contributed by atoms with Crippen molar-refractivity contribution in [1.82, 2.24) is 20.3 Å². The number of carbonyl (C=O) groups is 1. The minimum atomic E-state index is -0.252. The van der Waals surface area contributed by atoms with E-state index in [4.69, 9.17) is 0 Å². The summed E-state index contributed by atoms with van der Waals surface area (Å²) >= 11 is 0. The summed E-state index contributed by atoms with van der Waals surface area (Å²) in [4.78, 5) is 24.2. The maximum Gasteiger partial charge on any atom is 0.271 e. The molecule has 0 radical (unpaired) electrons. The molecule has 1 saturated carbocycles. The summed E-state index contributed by atoms with van der Waals surface area (Å²) in [5.74, 6) is 0.0531. The number of hydrogen-bond acceptors (Lipinski definition) is 5. The molecule has 0 aromatic carbocycles. The molecule has 114 valence electrons.